The van der Waals surface area contributed by atoms with Crippen LogP contribution >= 0.6 is 35.3 Å². The molecular formula is C15H18F2IN3S. The molecule has 0 amide bonds. The molecule has 1 aromatic carbocycles. The predicted molar refractivity (Wildman–Crippen MR) is 97.8 cm³/mol. The molecule has 0 aliphatic carbocycles. The van der Waals surface area contributed by atoms with Crippen LogP contribution in [0.5, 0.6) is 0 Å². The summed E-state index contributed by atoms with van der Waals surface area (Å²) in [6.45, 7) is 0.888. The van der Waals surface area contributed by atoms with E-state index in [4.69, 9.17) is 0 Å². The Morgan fingerprint density at radius 2 is 2.09 bits per heavy atom. The minimum atomic E-state index is -0.449. The number of guanidine groups is 1. The Morgan fingerprint density at radius 1 is 1.32 bits per heavy atom. The van der Waals surface area contributed by atoms with Gasteiger partial charge in [0.15, 0.2) is 5.96 Å². The molecule has 0 fully saturated rings. The number of thiophene rings is 1. The maximum atomic E-state index is 13.6. The van der Waals surface area contributed by atoms with E-state index in [9.17, 15) is 8.78 Å². The van der Waals surface area contributed by atoms with E-state index in [1.807, 2.05) is 23.4 Å². The highest BCUT2D eigenvalue weighted by Crippen LogP contribution is 2.11. The van der Waals surface area contributed by atoms with Crippen LogP contribution in [0.3, 0.4) is 0 Å². The average Bonchev–Trinajstić information content (AvgIpc) is 2.96. The molecule has 7 heteroatoms. The molecule has 22 heavy (non-hydrogen) atoms. The Balaban J connectivity index is 0.00000242. The molecule has 120 valence electrons. The van der Waals surface area contributed by atoms with Crippen LogP contribution in [0.1, 0.15) is 11.1 Å². The Morgan fingerprint density at radius 3 is 2.73 bits per heavy atom. The second kappa shape index (κ2) is 9.04. The fraction of sp³-hybridized carbons (Fsp3) is 0.267. The van der Waals surface area contributed by atoms with Crippen LogP contribution in [0.25, 0.3) is 0 Å². The van der Waals surface area contributed by atoms with Crippen LogP contribution in [-0.4, -0.2) is 25.0 Å². The molecule has 2 rings (SSSR count). The van der Waals surface area contributed by atoms with Crippen LogP contribution in [0, 0.1) is 11.6 Å². The Bertz CT molecular complexity index is 617. The highest BCUT2D eigenvalue weighted by atomic mass is 127. The topological polar surface area (TPSA) is 27.6 Å². The van der Waals surface area contributed by atoms with Crippen LogP contribution in [-0.2, 0) is 13.1 Å². The first-order chi connectivity index (χ1) is 10.1. The molecule has 0 saturated carbocycles. The summed E-state index contributed by atoms with van der Waals surface area (Å²) in [6, 6.07) is 5.47. The number of nitrogens with one attached hydrogen (secondary N) is 1. The van der Waals surface area contributed by atoms with Crippen molar-refractivity contribution in [2.75, 3.05) is 14.1 Å². The van der Waals surface area contributed by atoms with Gasteiger partial charge in [0.25, 0.3) is 0 Å². The van der Waals surface area contributed by atoms with E-state index in [1.165, 1.54) is 11.6 Å². The molecule has 2 aromatic rings. The van der Waals surface area contributed by atoms with Gasteiger partial charge in [0.1, 0.15) is 11.6 Å². The number of rotatable bonds is 4. The van der Waals surface area contributed by atoms with Gasteiger partial charge in [0.05, 0.1) is 0 Å². The first-order valence-corrected chi connectivity index (χ1v) is 7.41. The van der Waals surface area contributed by atoms with Gasteiger partial charge in [-0.15, -0.1) is 24.0 Å². The van der Waals surface area contributed by atoms with Crippen molar-refractivity contribution in [3.8, 4) is 0 Å². The van der Waals surface area contributed by atoms with Gasteiger partial charge in [-0.05, 0) is 40.6 Å². The van der Waals surface area contributed by atoms with E-state index in [0.717, 1.165) is 12.1 Å². The van der Waals surface area contributed by atoms with Crippen LogP contribution in [0.15, 0.2) is 40.0 Å². The maximum absolute atomic E-state index is 13.6. The lowest BCUT2D eigenvalue weighted by Gasteiger charge is -2.21. The SMILES string of the molecule is CN=C(NCc1cc(F)ccc1F)N(C)Cc1ccsc1.I. The zero-order valence-corrected chi connectivity index (χ0v) is 15.5. The molecule has 0 radical (unpaired) electrons. The summed E-state index contributed by atoms with van der Waals surface area (Å²) in [7, 11) is 3.56. The number of hydrogen-bond acceptors (Lipinski definition) is 2. The van der Waals surface area contributed by atoms with Crippen molar-refractivity contribution in [1.29, 1.82) is 0 Å². The van der Waals surface area contributed by atoms with Gasteiger partial charge >= 0.3 is 0 Å². The third kappa shape index (κ3) is 5.20. The third-order valence-electron chi connectivity index (χ3n) is 3.02. The first-order valence-electron chi connectivity index (χ1n) is 6.47. The summed E-state index contributed by atoms with van der Waals surface area (Å²) < 4.78 is 26.7. The lowest BCUT2D eigenvalue weighted by molar-refractivity contribution is 0.475. The predicted octanol–water partition coefficient (Wildman–Crippen LogP) is 3.85. The zero-order chi connectivity index (χ0) is 15.2. The highest BCUT2D eigenvalue weighted by molar-refractivity contribution is 14.0. The summed E-state index contributed by atoms with van der Waals surface area (Å²) in [5.41, 5.74) is 1.46. The van der Waals surface area contributed by atoms with Crippen molar-refractivity contribution >= 4 is 41.3 Å². The second-order valence-corrected chi connectivity index (χ2v) is 5.40. The smallest absolute Gasteiger partial charge is 0.193 e. The Hall–Kier alpha value is -1.22. The maximum Gasteiger partial charge on any atom is 0.193 e. The van der Waals surface area contributed by atoms with Crippen LogP contribution < -0.4 is 5.32 Å². The van der Waals surface area contributed by atoms with Crippen molar-refractivity contribution in [1.82, 2.24) is 10.2 Å². The van der Waals surface area contributed by atoms with Gasteiger partial charge in [-0.1, -0.05) is 0 Å². The Labute approximate surface area is 150 Å². The molecule has 0 spiro atoms. The number of halogens is 3. The molecule has 1 N–H and O–H groups in total. The van der Waals surface area contributed by atoms with E-state index in [0.29, 0.717) is 12.5 Å². The highest BCUT2D eigenvalue weighted by Gasteiger charge is 2.09. The van der Waals surface area contributed by atoms with Gasteiger partial charge in [0.2, 0.25) is 0 Å². The van der Waals surface area contributed by atoms with Gasteiger partial charge in [-0.3, -0.25) is 4.99 Å². The van der Waals surface area contributed by atoms with Crippen molar-refractivity contribution in [3.63, 3.8) is 0 Å². The Kier molecular flexibility index (Phi) is 7.74. The summed E-state index contributed by atoms with van der Waals surface area (Å²) in [6.07, 6.45) is 0. The normalized spacial score (nSPS) is 11.0. The second-order valence-electron chi connectivity index (χ2n) is 4.62. The van der Waals surface area contributed by atoms with Crippen molar-refractivity contribution in [2.24, 2.45) is 4.99 Å². The van der Waals surface area contributed by atoms with Gasteiger partial charge in [-0.25, -0.2) is 8.78 Å². The van der Waals surface area contributed by atoms with E-state index >= 15 is 0 Å². The van der Waals surface area contributed by atoms with Crippen molar-refractivity contribution < 1.29 is 8.78 Å². The van der Waals surface area contributed by atoms with Crippen molar-refractivity contribution in [3.05, 3.63) is 57.8 Å². The van der Waals surface area contributed by atoms with Crippen LogP contribution in [0.4, 0.5) is 8.78 Å². The lowest BCUT2D eigenvalue weighted by Crippen LogP contribution is -2.38. The summed E-state index contributed by atoms with van der Waals surface area (Å²) >= 11 is 1.64. The average molecular weight is 437 g/mol. The molecule has 3 nitrogen and oxygen atoms in total. The van der Waals surface area contributed by atoms with Gasteiger partial charge < -0.3 is 10.2 Å². The van der Waals surface area contributed by atoms with E-state index < -0.39 is 11.6 Å². The largest absolute Gasteiger partial charge is 0.352 e. The summed E-state index contributed by atoms with van der Waals surface area (Å²) in [5.74, 6) is -0.250. The minimum Gasteiger partial charge on any atom is -0.352 e. The summed E-state index contributed by atoms with van der Waals surface area (Å²) in [4.78, 5) is 6.08. The monoisotopic (exact) mass is 437 g/mol. The molecular weight excluding hydrogens is 419 g/mol. The standard InChI is InChI=1S/C15H17F2N3S.HI/c1-18-15(20(2)9-11-5-6-21-10-11)19-8-12-7-13(16)3-4-14(12)17;/h3-7,10H,8-9H2,1-2H3,(H,18,19);1H. The minimum absolute atomic E-state index is 0. The van der Waals surface area contributed by atoms with Gasteiger partial charge in [-0.2, -0.15) is 11.3 Å². The number of benzene rings is 1. The molecule has 0 saturated heterocycles. The number of hydrogen-bond donors (Lipinski definition) is 1. The van der Waals surface area contributed by atoms with E-state index in [1.54, 1.807) is 18.4 Å². The number of aliphatic imine (C=N–C) groups is 1. The third-order valence-corrected chi connectivity index (χ3v) is 3.75. The van der Waals surface area contributed by atoms with Gasteiger partial charge in [0, 0.05) is 32.7 Å². The fourth-order valence-electron chi connectivity index (χ4n) is 1.97. The molecule has 1 heterocycles. The van der Waals surface area contributed by atoms with E-state index in [2.05, 4.69) is 15.7 Å². The van der Waals surface area contributed by atoms with Crippen LogP contribution in [0.2, 0.25) is 0 Å². The first kappa shape index (κ1) is 18.8. The molecule has 0 aliphatic rings. The summed E-state index contributed by atoms with van der Waals surface area (Å²) in [5, 5.41) is 7.12. The number of nitrogens with zero attached hydrogens (tertiary/aromatic N) is 2. The molecule has 0 atom stereocenters. The quantitative estimate of drug-likeness (QED) is 0.447. The fourth-order valence-corrected chi connectivity index (χ4v) is 2.63. The zero-order valence-electron chi connectivity index (χ0n) is 12.3. The molecule has 0 unspecified atom stereocenters. The van der Waals surface area contributed by atoms with E-state index in [-0.39, 0.29) is 36.1 Å². The molecule has 1 aromatic heterocycles. The van der Waals surface area contributed by atoms with Crippen molar-refractivity contribution in [2.45, 2.75) is 13.1 Å². The molecule has 0 bridgehead atoms. The molecule has 0 aliphatic heterocycles. The lowest BCUT2D eigenvalue weighted by atomic mass is 10.2.